The predicted molar refractivity (Wildman–Crippen MR) is 100 cm³/mol. The number of carbonyl (C=O) groups excluding carboxylic acids is 1. The van der Waals surface area contributed by atoms with Gasteiger partial charge in [0.1, 0.15) is 24.1 Å². The van der Waals surface area contributed by atoms with E-state index in [4.69, 9.17) is 9.47 Å². The van der Waals surface area contributed by atoms with Crippen molar-refractivity contribution in [3.8, 4) is 5.75 Å². The molecule has 0 aromatic carbocycles. The number of halogens is 1. The van der Waals surface area contributed by atoms with Gasteiger partial charge in [0.25, 0.3) is 0 Å². The molecule has 0 aliphatic carbocycles. The highest BCUT2D eigenvalue weighted by molar-refractivity contribution is 5.88. The van der Waals surface area contributed by atoms with E-state index >= 15 is 0 Å². The van der Waals surface area contributed by atoms with Crippen molar-refractivity contribution in [2.75, 3.05) is 37.6 Å². The van der Waals surface area contributed by atoms with Crippen molar-refractivity contribution in [3.05, 3.63) is 29.8 Å². The third-order valence-corrected chi connectivity index (χ3v) is 3.52. The first-order chi connectivity index (χ1) is 12.9. The predicted octanol–water partition coefficient (Wildman–Crippen LogP) is 2.98. The van der Waals surface area contributed by atoms with Gasteiger partial charge in [0.15, 0.2) is 5.75 Å². The van der Waals surface area contributed by atoms with Crippen LogP contribution in [0.4, 0.5) is 21.7 Å². The number of anilines is 3. The zero-order chi connectivity index (χ0) is 19.8. The lowest BCUT2D eigenvalue weighted by Gasteiger charge is -2.15. The highest BCUT2D eigenvalue weighted by Crippen LogP contribution is 2.29. The van der Waals surface area contributed by atoms with Gasteiger partial charge in [-0.2, -0.15) is 0 Å². The van der Waals surface area contributed by atoms with E-state index in [2.05, 4.69) is 25.6 Å². The number of hydrogen-bond acceptors (Lipinski definition) is 7. The van der Waals surface area contributed by atoms with Gasteiger partial charge in [-0.25, -0.2) is 15.0 Å². The van der Waals surface area contributed by atoms with Crippen LogP contribution in [0, 0.1) is 6.92 Å². The second-order valence-corrected chi connectivity index (χ2v) is 6.02. The molecule has 0 saturated heterocycles. The number of nitrogens with zero attached hydrogens (tertiary/aromatic N) is 3. The fourth-order valence-corrected chi connectivity index (χ4v) is 2.22. The number of hydrogen-bond donors (Lipinski definition) is 2. The molecule has 0 aliphatic rings. The second-order valence-electron chi connectivity index (χ2n) is 6.02. The second kappa shape index (κ2) is 9.77. The van der Waals surface area contributed by atoms with E-state index in [-0.39, 0.29) is 5.91 Å². The van der Waals surface area contributed by atoms with E-state index in [1.165, 1.54) is 13.1 Å². The number of ether oxygens (including phenoxy) is 2. The first kappa shape index (κ1) is 20.5. The van der Waals surface area contributed by atoms with Gasteiger partial charge in [-0.15, -0.1) is 0 Å². The van der Waals surface area contributed by atoms with E-state index in [0.717, 1.165) is 0 Å². The molecule has 0 unspecified atom stereocenters. The third-order valence-electron chi connectivity index (χ3n) is 3.52. The van der Waals surface area contributed by atoms with Crippen LogP contribution in [0.1, 0.15) is 31.3 Å². The maximum atomic E-state index is 13.0. The summed E-state index contributed by atoms with van der Waals surface area (Å²) in [5.74, 6) is 1.10. The van der Waals surface area contributed by atoms with E-state index in [0.29, 0.717) is 47.8 Å². The van der Waals surface area contributed by atoms with Crippen molar-refractivity contribution in [2.24, 2.45) is 0 Å². The molecule has 1 atom stereocenters. The Kier molecular flexibility index (Phi) is 7.42. The molecule has 8 nitrogen and oxygen atoms in total. The number of carbonyl (C=O) groups is 1. The molecule has 0 fully saturated rings. The molecular weight excluding hydrogens is 353 g/mol. The van der Waals surface area contributed by atoms with Crippen molar-refractivity contribution >= 4 is 23.2 Å². The number of alkyl halides is 1. The minimum absolute atomic E-state index is 0.238. The molecule has 9 heteroatoms. The van der Waals surface area contributed by atoms with Crippen LogP contribution < -0.4 is 15.4 Å². The molecule has 2 heterocycles. The summed E-state index contributed by atoms with van der Waals surface area (Å²) in [5.41, 5.74) is 1.27. The lowest BCUT2D eigenvalue weighted by Crippen LogP contribution is -2.11. The Morgan fingerprint density at radius 2 is 2.04 bits per heavy atom. The monoisotopic (exact) mass is 377 g/mol. The first-order valence-corrected chi connectivity index (χ1v) is 8.50. The summed E-state index contributed by atoms with van der Waals surface area (Å²) >= 11 is 0. The summed E-state index contributed by atoms with van der Waals surface area (Å²) in [4.78, 5) is 24.1. The fraction of sp³-hybridized carbons (Fsp3) is 0.444. The number of nitrogens with one attached hydrogen (secondary N) is 2. The molecule has 0 radical (unpaired) electrons. The average Bonchev–Trinajstić information content (AvgIpc) is 2.62. The summed E-state index contributed by atoms with van der Waals surface area (Å²) in [5, 5.41) is 5.77. The molecule has 0 saturated carbocycles. The molecule has 1 amide bonds. The van der Waals surface area contributed by atoms with Gasteiger partial charge in [0, 0.05) is 37.8 Å². The van der Waals surface area contributed by atoms with Crippen molar-refractivity contribution in [1.29, 1.82) is 0 Å². The number of amides is 1. The van der Waals surface area contributed by atoms with Crippen molar-refractivity contribution < 1.29 is 18.7 Å². The van der Waals surface area contributed by atoms with Gasteiger partial charge < -0.3 is 20.1 Å². The average molecular weight is 377 g/mol. The molecule has 0 bridgehead atoms. The van der Waals surface area contributed by atoms with Crippen LogP contribution in [0.15, 0.2) is 18.3 Å². The largest absolute Gasteiger partial charge is 0.487 e. The quantitative estimate of drug-likeness (QED) is 0.648. The maximum Gasteiger partial charge on any atom is 0.222 e. The Morgan fingerprint density at radius 1 is 1.26 bits per heavy atom. The number of methoxy groups -OCH3 is 1. The SMILES string of the molecule is COCCOc1cnc(NC(C)=O)cc1Nc1cc(C)nc([C@H](C)CF)n1. The molecule has 2 aromatic rings. The molecular formula is C18H24FN5O3. The van der Waals surface area contributed by atoms with E-state index in [9.17, 15) is 9.18 Å². The molecule has 2 rings (SSSR count). The van der Waals surface area contributed by atoms with Crippen LogP contribution in [0.5, 0.6) is 5.75 Å². The summed E-state index contributed by atoms with van der Waals surface area (Å²) in [7, 11) is 1.58. The summed E-state index contributed by atoms with van der Waals surface area (Å²) in [6.07, 6.45) is 1.50. The molecule has 27 heavy (non-hydrogen) atoms. The maximum absolute atomic E-state index is 13.0. The topological polar surface area (TPSA) is 98.3 Å². The van der Waals surface area contributed by atoms with Crippen LogP contribution in [0.25, 0.3) is 0 Å². The summed E-state index contributed by atoms with van der Waals surface area (Å²) in [6.45, 7) is 5.13. The summed E-state index contributed by atoms with van der Waals surface area (Å²) < 4.78 is 23.7. The Balaban J connectivity index is 2.33. The molecule has 0 spiro atoms. The van der Waals surface area contributed by atoms with Crippen LogP contribution in [0.3, 0.4) is 0 Å². The highest BCUT2D eigenvalue weighted by atomic mass is 19.1. The van der Waals surface area contributed by atoms with Crippen LogP contribution in [-0.2, 0) is 9.53 Å². The Hall–Kier alpha value is -2.81. The zero-order valence-electron chi connectivity index (χ0n) is 15.9. The van der Waals surface area contributed by atoms with Crippen molar-refractivity contribution in [1.82, 2.24) is 15.0 Å². The van der Waals surface area contributed by atoms with Gasteiger partial charge in [0.2, 0.25) is 5.91 Å². The lowest BCUT2D eigenvalue weighted by atomic mass is 10.2. The highest BCUT2D eigenvalue weighted by Gasteiger charge is 2.13. The van der Waals surface area contributed by atoms with Crippen molar-refractivity contribution in [2.45, 2.75) is 26.7 Å². The van der Waals surface area contributed by atoms with E-state index in [1.54, 1.807) is 26.2 Å². The van der Waals surface area contributed by atoms with E-state index < -0.39 is 12.6 Å². The van der Waals surface area contributed by atoms with Gasteiger partial charge in [-0.05, 0) is 6.92 Å². The van der Waals surface area contributed by atoms with Gasteiger partial charge >= 0.3 is 0 Å². The zero-order valence-corrected chi connectivity index (χ0v) is 15.9. The minimum atomic E-state index is -0.545. The fourth-order valence-electron chi connectivity index (χ4n) is 2.22. The first-order valence-electron chi connectivity index (χ1n) is 8.50. The van der Waals surface area contributed by atoms with Crippen LogP contribution >= 0.6 is 0 Å². The van der Waals surface area contributed by atoms with Gasteiger partial charge in [0.05, 0.1) is 25.2 Å². The Labute approximate surface area is 157 Å². The van der Waals surface area contributed by atoms with Crippen LogP contribution in [-0.4, -0.2) is 47.9 Å². The number of pyridine rings is 1. The minimum Gasteiger partial charge on any atom is -0.487 e. The molecule has 0 aliphatic heterocycles. The molecule has 146 valence electrons. The van der Waals surface area contributed by atoms with E-state index in [1.807, 2.05) is 6.92 Å². The number of aryl methyl sites for hydroxylation is 1. The Bertz CT molecular complexity index is 788. The van der Waals surface area contributed by atoms with Crippen LogP contribution in [0.2, 0.25) is 0 Å². The molecule has 2 aromatic heterocycles. The number of aromatic nitrogens is 3. The standard InChI is InChI=1S/C18H24FN5O3/c1-11(9-19)18-21-12(2)7-17(24-18)23-14-8-16(22-13(3)25)20-10-15(14)27-6-5-26-4/h7-8,10-11H,5-6,9H2,1-4H3,(H2,20,21,22,23,24,25)/t11-/m1/s1. The summed E-state index contributed by atoms with van der Waals surface area (Å²) in [6, 6.07) is 3.38. The lowest BCUT2D eigenvalue weighted by molar-refractivity contribution is -0.114. The Morgan fingerprint density at radius 3 is 2.70 bits per heavy atom. The smallest absolute Gasteiger partial charge is 0.222 e. The number of rotatable bonds is 9. The van der Waals surface area contributed by atoms with Gasteiger partial charge in [-0.3, -0.25) is 9.18 Å². The van der Waals surface area contributed by atoms with Gasteiger partial charge in [-0.1, -0.05) is 6.92 Å². The normalized spacial score (nSPS) is 11.7. The third kappa shape index (κ3) is 6.14. The molecule has 2 N–H and O–H groups in total. The van der Waals surface area contributed by atoms with Crippen molar-refractivity contribution in [3.63, 3.8) is 0 Å².